The molecule has 1 atom stereocenters. The Labute approximate surface area is 110 Å². The van der Waals surface area contributed by atoms with E-state index in [2.05, 4.69) is 10.3 Å². The maximum Gasteiger partial charge on any atom is 0.235 e. The lowest BCUT2D eigenvalue weighted by atomic mass is 10.1. The number of aliphatic hydroxyl groups is 1. The van der Waals surface area contributed by atoms with Gasteiger partial charge in [-0.25, -0.2) is 0 Å². The molecule has 18 heavy (non-hydrogen) atoms. The van der Waals surface area contributed by atoms with Gasteiger partial charge in [-0.1, -0.05) is 18.2 Å². The van der Waals surface area contributed by atoms with Crippen molar-refractivity contribution in [2.75, 3.05) is 12.5 Å². The van der Waals surface area contributed by atoms with E-state index in [0.29, 0.717) is 6.42 Å². The molecule has 1 unspecified atom stereocenters. The number of halogens is 1. The summed E-state index contributed by atoms with van der Waals surface area (Å²) in [6, 6.07) is 7.62. The minimum absolute atomic E-state index is 0.0929. The van der Waals surface area contributed by atoms with Gasteiger partial charge in [-0.2, -0.15) is 0 Å². The number of carbonyl (C=O) groups excluding carboxylic acids is 1. The first-order valence-corrected chi connectivity index (χ1v) is 6.29. The summed E-state index contributed by atoms with van der Waals surface area (Å²) in [5, 5.41) is 13.1. The van der Waals surface area contributed by atoms with Crippen LogP contribution in [-0.2, 0) is 11.2 Å². The van der Waals surface area contributed by atoms with Gasteiger partial charge in [0.2, 0.25) is 5.91 Å². The minimum Gasteiger partial charge on any atom is -0.394 e. The molecule has 0 aliphatic carbocycles. The van der Waals surface area contributed by atoms with Crippen LogP contribution in [0.5, 0.6) is 0 Å². The van der Waals surface area contributed by atoms with E-state index in [0.717, 1.165) is 16.5 Å². The molecular weight excluding hydrogens is 252 g/mol. The molecule has 0 saturated carbocycles. The van der Waals surface area contributed by atoms with Crippen LogP contribution in [0.1, 0.15) is 5.56 Å². The monoisotopic (exact) mass is 266 g/mol. The van der Waals surface area contributed by atoms with Gasteiger partial charge in [-0.05, 0) is 18.1 Å². The average Bonchev–Trinajstić information content (AvgIpc) is 2.81. The van der Waals surface area contributed by atoms with E-state index in [-0.39, 0.29) is 24.4 Å². The zero-order chi connectivity index (χ0) is 13.0. The third kappa shape index (κ3) is 2.83. The van der Waals surface area contributed by atoms with Crippen molar-refractivity contribution in [3.63, 3.8) is 0 Å². The molecule has 3 N–H and O–H groups in total. The first kappa shape index (κ1) is 12.9. The second-order valence-electron chi connectivity index (χ2n) is 4.14. The smallest absolute Gasteiger partial charge is 0.235 e. The van der Waals surface area contributed by atoms with Crippen molar-refractivity contribution in [2.45, 2.75) is 12.5 Å². The minimum atomic E-state index is -0.310. The van der Waals surface area contributed by atoms with Crippen LogP contribution in [0.15, 0.2) is 30.5 Å². The Morgan fingerprint density at radius 1 is 1.44 bits per heavy atom. The van der Waals surface area contributed by atoms with Gasteiger partial charge in [0.15, 0.2) is 0 Å². The van der Waals surface area contributed by atoms with Gasteiger partial charge in [0.05, 0.1) is 12.6 Å². The maximum absolute atomic E-state index is 11.2. The summed E-state index contributed by atoms with van der Waals surface area (Å²) in [5.41, 5.74) is 2.12. The molecule has 0 bridgehead atoms. The van der Waals surface area contributed by atoms with Crippen LogP contribution in [-0.4, -0.2) is 34.5 Å². The number of benzene rings is 1. The van der Waals surface area contributed by atoms with Crippen molar-refractivity contribution < 1.29 is 9.90 Å². The fourth-order valence-corrected chi connectivity index (χ4v) is 2.07. The molecule has 96 valence electrons. The Balaban J connectivity index is 2.14. The highest BCUT2D eigenvalue weighted by molar-refractivity contribution is 6.27. The summed E-state index contributed by atoms with van der Waals surface area (Å²) < 4.78 is 0. The number of hydrogen-bond donors (Lipinski definition) is 3. The predicted octanol–water partition coefficient (Wildman–Crippen LogP) is 1.43. The lowest BCUT2D eigenvalue weighted by molar-refractivity contribution is -0.119. The normalized spacial score (nSPS) is 12.6. The van der Waals surface area contributed by atoms with Crippen LogP contribution < -0.4 is 5.32 Å². The molecule has 1 heterocycles. The summed E-state index contributed by atoms with van der Waals surface area (Å²) >= 11 is 5.43. The SMILES string of the molecule is O=C(CCl)NC(CO)Cc1c[nH]c2ccccc12. The highest BCUT2D eigenvalue weighted by Gasteiger charge is 2.13. The maximum atomic E-state index is 11.2. The summed E-state index contributed by atoms with van der Waals surface area (Å²) in [4.78, 5) is 14.4. The second-order valence-corrected chi connectivity index (χ2v) is 4.41. The number of amides is 1. The number of para-hydroxylation sites is 1. The molecule has 0 aliphatic heterocycles. The highest BCUT2D eigenvalue weighted by atomic mass is 35.5. The fourth-order valence-electron chi connectivity index (χ4n) is 1.99. The first-order chi connectivity index (χ1) is 8.74. The number of H-pyrrole nitrogens is 1. The summed E-state index contributed by atoms with van der Waals surface area (Å²) in [6.07, 6.45) is 2.48. The standard InChI is InChI=1S/C13H15ClN2O2/c14-6-13(18)16-10(8-17)5-9-7-15-12-4-2-1-3-11(9)12/h1-4,7,10,15,17H,5-6,8H2,(H,16,18). The van der Waals surface area contributed by atoms with Crippen LogP contribution in [0.3, 0.4) is 0 Å². The Bertz CT molecular complexity index is 539. The molecule has 2 aromatic rings. The summed E-state index contributed by atoms with van der Waals surface area (Å²) in [6.45, 7) is -0.109. The van der Waals surface area contributed by atoms with Crippen molar-refractivity contribution >= 4 is 28.4 Å². The quantitative estimate of drug-likeness (QED) is 0.717. The Hall–Kier alpha value is -1.52. The van der Waals surface area contributed by atoms with E-state index in [1.165, 1.54) is 0 Å². The molecule has 0 fully saturated rings. The molecule has 0 aliphatic rings. The van der Waals surface area contributed by atoms with Crippen LogP contribution >= 0.6 is 11.6 Å². The summed E-state index contributed by atoms with van der Waals surface area (Å²) in [7, 11) is 0. The van der Waals surface area contributed by atoms with Crippen molar-refractivity contribution in [1.82, 2.24) is 10.3 Å². The number of fused-ring (bicyclic) bond motifs is 1. The van der Waals surface area contributed by atoms with Crippen molar-refractivity contribution in [3.05, 3.63) is 36.0 Å². The van der Waals surface area contributed by atoms with E-state index < -0.39 is 0 Å². The van der Waals surface area contributed by atoms with Crippen molar-refractivity contribution in [3.8, 4) is 0 Å². The van der Waals surface area contributed by atoms with E-state index in [4.69, 9.17) is 11.6 Å². The molecular formula is C13H15ClN2O2. The predicted molar refractivity (Wildman–Crippen MR) is 71.7 cm³/mol. The number of aliphatic hydroxyl groups excluding tert-OH is 1. The zero-order valence-corrected chi connectivity index (χ0v) is 10.6. The number of rotatable bonds is 5. The lowest BCUT2D eigenvalue weighted by Gasteiger charge is -2.15. The van der Waals surface area contributed by atoms with Crippen molar-refractivity contribution in [2.24, 2.45) is 0 Å². The second kappa shape index (κ2) is 5.89. The molecule has 2 rings (SSSR count). The average molecular weight is 267 g/mol. The largest absolute Gasteiger partial charge is 0.394 e. The molecule has 1 aromatic heterocycles. The van der Waals surface area contributed by atoms with E-state index in [1.54, 1.807) is 0 Å². The summed E-state index contributed by atoms with van der Waals surface area (Å²) in [5.74, 6) is -0.361. The fraction of sp³-hybridized carbons (Fsp3) is 0.308. The molecule has 1 amide bonds. The third-order valence-corrected chi connectivity index (χ3v) is 3.09. The first-order valence-electron chi connectivity index (χ1n) is 5.75. The molecule has 0 spiro atoms. The van der Waals surface area contributed by atoms with Gasteiger partial charge in [-0.3, -0.25) is 4.79 Å². The molecule has 0 saturated heterocycles. The van der Waals surface area contributed by atoms with Gasteiger partial charge in [0, 0.05) is 17.1 Å². The number of alkyl halides is 1. The van der Waals surface area contributed by atoms with E-state index >= 15 is 0 Å². The molecule has 0 radical (unpaired) electrons. The van der Waals surface area contributed by atoms with Crippen LogP contribution in [0.4, 0.5) is 0 Å². The number of nitrogens with one attached hydrogen (secondary N) is 2. The Morgan fingerprint density at radius 2 is 2.22 bits per heavy atom. The number of hydrogen-bond acceptors (Lipinski definition) is 2. The molecule has 5 heteroatoms. The van der Waals surface area contributed by atoms with Crippen LogP contribution in [0.25, 0.3) is 10.9 Å². The third-order valence-electron chi connectivity index (χ3n) is 2.85. The number of aromatic amines is 1. The highest BCUT2D eigenvalue weighted by Crippen LogP contribution is 2.18. The van der Waals surface area contributed by atoms with E-state index in [1.807, 2.05) is 30.5 Å². The van der Waals surface area contributed by atoms with Gasteiger partial charge >= 0.3 is 0 Å². The number of carbonyl (C=O) groups is 1. The zero-order valence-electron chi connectivity index (χ0n) is 9.82. The van der Waals surface area contributed by atoms with Crippen LogP contribution in [0.2, 0.25) is 0 Å². The topological polar surface area (TPSA) is 65.1 Å². The van der Waals surface area contributed by atoms with Gasteiger partial charge in [-0.15, -0.1) is 11.6 Å². The van der Waals surface area contributed by atoms with Crippen molar-refractivity contribution in [1.29, 1.82) is 0 Å². The van der Waals surface area contributed by atoms with E-state index in [9.17, 15) is 9.90 Å². The molecule has 1 aromatic carbocycles. The molecule has 4 nitrogen and oxygen atoms in total. The number of aromatic nitrogens is 1. The van der Waals surface area contributed by atoms with Crippen LogP contribution in [0, 0.1) is 0 Å². The lowest BCUT2D eigenvalue weighted by Crippen LogP contribution is -2.39. The van der Waals surface area contributed by atoms with Gasteiger partial charge < -0.3 is 15.4 Å². The Morgan fingerprint density at radius 3 is 2.94 bits per heavy atom. The van der Waals surface area contributed by atoms with Gasteiger partial charge in [0.1, 0.15) is 5.88 Å². The Kier molecular flexibility index (Phi) is 4.23. The van der Waals surface area contributed by atoms with Gasteiger partial charge in [0.25, 0.3) is 0 Å².